The van der Waals surface area contributed by atoms with Crippen LogP contribution in [0.2, 0.25) is 0 Å². The Hall–Kier alpha value is -4.26. The van der Waals surface area contributed by atoms with Crippen LogP contribution in [0.15, 0.2) is 32.8 Å². The summed E-state index contributed by atoms with van der Waals surface area (Å²) in [6, 6.07) is 3.61. The van der Waals surface area contributed by atoms with Gasteiger partial charge in [0, 0.05) is 37.6 Å². The fraction of sp³-hybridized carbons (Fsp3) is 0.440. The van der Waals surface area contributed by atoms with Crippen molar-refractivity contribution in [2.45, 2.75) is 39.3 Å². The summed E-state index contributed by atoms with van der Waals surface area (Å²) in [4.78, 5) is 73.6. The van der Waals surface area contributed by atoms with Crippen LogP contribution in [0.25, 0.3) is 0 Å². The molecule has 13 heteroatoms. The zero-order chi connectivity index (χ0) is 27.4. The molecule has 0 bridgehead atoms. The predicted octanol–water partition coefficient (Wildman–Crippen LogP) is -0.00730. The quantitative estimate of drug-likeness (QED) is 0.320. The Kier molecular flexibility index (Phi) is 6.18. The highest BCUT2D eigenvalue weighted by atomic mass is 16.3. The zero-order valence-electron chi connectivity index (χ0n) is 21.3. The van der Waals surface area contributed by atoms with Crippen LogP contribution < -0.4 is 26.8 Å². The number of barbiturate groups is 1. The molecule has 0 aliphatic carbocycles. The molecular weight excluding hydrogens is 494 g/mol. The van der Waals surface area contributed by atoms with Crippen LogP contribution in [0.1, 0.15) is 37.9 Å². The topological polar surface area (TPSA) is 169 Å². The first-order valence-electron chi connectivity index (χ1n) is 12.5. The van der Waals surface area contributed by atoms with E-state index >= 15 is 0 Å². The van der Waals surface area contributed by atoms with Gasteiger partial charge in [-0.25, -0.2) is 9.59 Å². The second kappa shape index (κ2) is 9.24. The lowest BCUT2D eigenvalue weighted by atomic mass is 9.68. The van der Waals surface area contributed by atoms with Gasteiger partial charge in [0.2, 0.25) is 17.7 Å². The molecule has 2 saturated heterocycles. The van der Waals surface area contributed by atoms with Crippen molar-refractivity contribution < 1.29 is 19.5 Å². The van der Waals surface area contributed by atoms with E-state index in [9.17, 15) is 29.1 Å². The number of nitrogens with zero attached hydrogens (tertiary/aromatic N) is 4. The van der Waals surface area contributed by atoms with Crippen molar-refractivity contribution in [1.29, 1.82) is 0 Å². The van der Waals surface area contributed by atoms with Crippen molar-refractivity contribution in [2.24, 2.45) is 10.4 Å². The van der Waals surface area contributed by atoms with Gasteiger partial charge >= 0.3 is 11.7 Å². The molecule has 0 radical (unpaired) electrons. The number of benzene rings is 1. The summed E-state index contributed by atoms with van der Waals surface area (Å²) in [6.07, 6.45) is 1.23. The van der Waals surface area contributed by atoms with Crippen LogP contribution in [0, 0.1) is 5.41 Å². The van der Waals surface area contributed by atoms with Crippen molar-refractivity contribution in [3.05, 3.63) is 50.2 Å². The summed E-state index contributed by atoms with van der Waals surface area (Å²) in [5.41, 5.74) is -1.22. The second-order valence-corrected chi connectivity index (χ2v) is 10.0. The number of aromatic amines is 1. The van der Waals surface area contributed by atoms with Gasteiger partial charge in [0.05, 0.1) is 11.7 Å². The van der Waals surface area contributed by atoms with Crippen molar-refractivity contribution in [2.75, 3.05) is 31.1 Å². The number of aromatic nitrogens is 2. The lowest BCUT2D eigenvalue weighted by molar-refractivity contribution is -0.147. The highest BCUT2D eigenvalue weighted by Gasteiger charge is 2.60. The van der Waals surface area contributed by atoms with E-state index in [1.54, 1.807) is 26.0 Å². The molecule has 200 valence electrons. The van der Waals surface area contributed by atoms with E-state index in [0.717, 1.165) is 23.3 Å². The highest BCUT2D eigenvalue weighted by molar-refractivity contribution is 6.20. The number of hydrogen-bond donors (Lipinski definition) is 4. The van der Waals surface area contributed by atoms with Crippen LogP contribution in [0.4, 0.5) is 16.2 Å². The third kappa shape index (κ3) is 3.90. The molecule has 5 rings (SSSR count). The van der Waals surface area contributed by atoms with Crippen molar-refractivity contribution >= 4 is 35.4 Å². The fourth-order valence-corrected chi connectivity index (χ4v) is 5.64. The van der Waals surface area contributed by atoms with E-state index in [1.807, 2.05) is 17.9 Å². The minimum atomic E-state index is -1.51. The standard InChI is InChI=1S/C25H29N7O6/c1-4-30-7-8-31-17-6-5-15(26-11-16-19(33)27-24(38)32(13(2)3)20(16)34)9-14(17)10-25(18(31)12-30)21(35)28-23(37)29-22(25)36/h5-6,9,11,13,18,34H,4,7-8,10,12H2,1-3H3,(H,27,33,38)(H2,28,29,35,36,37)/t18-/m1/s1. The minimum absolute atomic E-state index is 0.0550. The van der Waals surface area contributed by atoms with Crippen molar-refractivity contribution in [3.8, 4) is 5.88 Å². The summed E-state index contributed by atoms with van der Waals surface area (Å²) >= 11 is 0. The third-order valence-corrected chi connectivity index (χ3v) is 7.60. The maximum absolute atomic E-state index is 13.3. The number of carbonyl (C=O) groups is 3. The molecule has 1 aromatic carbocycles. The van der Waals surface area contributed by atoms with Crippen LogP contribution >= 0.6 is 0 Å². The van der Waals surface area contributed by atoms with E-state index in [4.69, 9.17) is 0 Å². The first-order chi connectivity index (χ1) is 18.1. The molecule has 1 aromatic heterocycles. The summed E-state index contributed by atoms with van der Waals surface area (Å²) in [5.74, 6) is -1.76. The normalized spacial score (nSPS) is 21.0. The third-order valence-electron chi connectivity index (χ3n) is 7.60. The molecule has 0 unspecified atom stereocenters. The monoisotopic (exact) mass is 523 g/mol. The SMILES string of the molecule is CCN1CCN2c3ccc(N=Cc4c(O)n(C(C)C)c(=O)[nH]c4=O)cc3CC3(C(=O)NC(=O)NC3=O)[C@H]2C1. The van der Waals surface area contributed by atoms with E-state index < -0.39 is 52.5 Å². The first kappa shape index (κ1) is 25.4. The Morgan fingerprint density at radius 1 is 1.13 bits per heavy atom. The number of H-pyrrole nitrogens is 1. The predicted molar refractivity (Wildman–Crippen MR) is 138 cm³/mol. The maximum Gasteiger partial charge on any atom is 0.331 e. The molecule has 38 heavy (non-hydrogen) atoms. The summed E-state index contributed by atoms with van der Waals surface area (Å²) in [7, 11) is 0. The molecule has 0 saturated carbocycles. The first-order valence-corrected chi connectivity index (χ1v) is 12.5. The number of aliphatic imine (C=N–C) groups is 1. The molecule has 3 aliphatic heterocycles. The average Bonchev–Trinajstić information content (AvgIpc) is 2.85. The van der Waals surface area contributed by atoms with Gasteiger partial charge in [0.15, 0.2) is 5.41 Å². The molecule has 4 amide bonds. The molecule has 1 spiro atoms. The Morgan fingerprint density at radius 3 is 2.50 bits per heavy atom. The molecule has 4 heterocycles. The van der Waals surface area contributed by atoms with Crippen LogP contribution in [-0.4, -0.2) is 75.8 Å². The van der Waals surface area contributed by atoms with Gasteiger partial charge in [0.25, 0.3) is 5.56 Å². The summed E-state index contributed by atoms with van der Waals surface area (Å²) in [5, 5.41) is 15.1. The second-order valence-electron chi connectivity index (χ2n) is 10.0. The highest BCUT2D eigenvalue weighted by Crippen LogP contribution is 2.45. The number of likely N-dealkylation sites (N-methyl/N-ethyl adjacent to an activating group) is 1. The number of anilines is 1. The smallest absolute Gasteiger partial charge is 0.331 e. The molecule has 13 nitrogen and oxygen atoms in total. The number of rotatable bonds is 4. The minimum Gasteiger partial charge on any atom is -0.494 e. The molecule has 3 aliphatic rings. The van der Waals surface area contributed by atoms with Gasteiger partial charge in [-0.05, 0) is 50.6 Å². The Bertz CT molecular complexity index is 1470. The van der Waals surface area contributed by atoms with Gasteiger partial charge in [-0.1, -0.05) is 6.92 Å². The van der Waals surface area contributed by atoms with Crippen LogP contribution in [-0.2, 0) is 16.0 Å². The zero-order valence-corrected chi connectivity index (χ0v) is 21.3. The van der Waals surface area contributed by atoms with Gasteiger partial charge in [-0.15, -0.1) is 0 Å². The van der Waals surface area contributed by atoms with Crippen LogP contribution in [0.3, 0.4) is 0 Å². The number of piperazine rings is 1. The number of nitrogens with one attached hydrogen (secondary N) is 3. The average molecular weight is 524 g/mol. The van der Waals surface area contributed by atoms with E-state index in [2.05, 4.69) is 25.5 Å². The fourth-order valence-electron chi connectivity index (χ4n) is 5.64. The van der Waals surface area contributed by atoms with Crippen molar-refractivity contribution in [3.63, 3.8) is 0 Å². The molecule has 2 fully saturated rings. The Labute approximate surface area is 217 Å². The number of amides is 4. The largest absolute Gasteiger partial charge is 0.494 e. The number of imide groups is 2. The lowest BCUT2D eigenvalue weighted by Crippen LogP contribution is -2.74. The summed E-state index contributed by atoms with van der Waals surface area (Å²) < 4.78 is 1.05. The number of carbonyl (C=O) groups excluding carboxylic acids is 3. The van der Waals surface area contributed by atoms with Gasteiger partial charge < -0.3 is 10.0 Å². The number of fused-ring (bicyclic) bond motifs is 4. The van der Waals surface area contributed by atoms with E-state index in [-0.39, 0.29) is 12.0 Å². The molecular formula is C25H29N7O6. The molecule has 1 atom stereocenters. The Morgan fingerprint density at radius 2 is 1.84 bits per heavy atom. The van der Waals surface area contributed by atoms with Crippen molar-refractivity contribution in [1.82, 2.24) is 25.1 Å². The maximum atomic E-state index is 13.3. The summed E-state index contributed by atoms with van der Waals surface area (Å²) in [6.45, 7) is 7.99. The van der Waals surface area contributed by atoms with Crippen LogP contribution in [0.5, 0.6) is 5.88 Å². The number of hydrogen-bond acceptors (Lipinski definition) is 9. The van der Waals surface area contributed by atoms with E-state index in [0.29, 0.717) is 24.3 Å². The van der Waals surface area contributed by atoms with E-state index in [1.165, 1.54) is 6.21 Å². The van der Waals surface area contributed by atoms with Gasteiger partial charge in [-0.3, -0.25) is 44.5 Å². The Balaban J connectivity index is 1.56. The molecule has 2 aromatic rings. The van der Waals surface area contributed by atoms with Gasteiger partial charge in [0.1, 0.15) is 5.56 Å². The number of urea groups is 1. The lowest BCUT2D eigenvalue weighted by Gasteiger charge is -2.54. The molecule has 4 N–H and O–H groups in total. The number of aromatic hydroxyl groups is 1. The van der Waals surface area contributed by atoms with Gasteiger partial charge in [-0.2, -0.15) is 0 Å².